The number of nitriles is 1. The van der Waals surface area contributed by atoms with E-state index in [1.54, 1.807) is 18.2 Å². The summed E-state index contributed by atoms with van der Waals surface area (Å²) in [4.78, 5) is 13.4. The van der Waals surface area contributed by atoms with E-state index >= 15 is 0 Å². The first kappa shape index (κ1) is 13.8. The van der Waals surface area contributed by atoms with Crippen molar-refractivity contribution in [2.75, 3.05) is 30.3 Å². The highest BCUT2D eigenvalue weighted by Gasteiger charge is 2.12. The molecule has 5 nitrogen and oxygen atoms in total. The molecular formula is C13H18N4O. The van der Waals surface area contributed by atoms with Crippen molar-refractivity contribution in [3.05, 3.63) is 23.8 Å². The lowest BCUT2D eigenvalue weighted by Crippen LogP contribution is -2.37. The second kappa shape index (κ2) is 6.50. The fourth-order valence-corrected chi connectivity index (χ4v) is 1.68. The molecule has 1 aromatic carbocycles. The number of carbonyl (C=O) groups excluding carboxylic acids is 1. The molecule has 5 heteroatoms. The zero-order chi connectivity index (χ0) is 13.5. The van der Waals surface area contributed by atoms with E-state index in [0.717, 1.165) is 5.69 Å². The summed E-state index contributed by atoms with van der Waals surface area (Å²) in [6, 6.07) is 7.13. The average molecular weight is 246 g/mol. The fraction of sp³-hybridized carbons (Fsp3) is 0.385. The maximum Gasteiger partial charge on any atom is 0.239 e. The number of nitrogens with zero attached hydrogens (tertiary/aromatic N) is 2. The molecule has 0 radical (unpaired) electrons. The lowest BCUT2D eigenvalue weighted by molar-refractivity contribution is -0.119. The summed E-state index contributed by atoms with van der Waals surface area (Å²) in [5.74, 6) is -0.0545. The number of anilines is 2. The Labute approximate surface area is 107 Å². The summed E-state index contributed by atoms with van der Waals surface area (Å²) in [5.41, 5.74) is 7.72. The van der Waals surface area contributed by atoms with Crippen molar-refractivity contribution in [1.82, 2.24) is 5.32 Å². The number of rotatable bonds is 5. The molecule has 0 spiro atoms. The molecule has 0 unspecified atom stereocenters. The number of benzene rings is 1. The van der Waals surface area contributed by atoms with Crippen molar-refractivity contribution in [2.24, 2.45) is 0 Å². The van der Waals surface area contributed by atoms with E-state index in [0.29, 0.717) is 24.3 Å². The molecule has 1 amide bonds. The second-order valence-electron chi connectivity index (χ2n) is 3.85. The molecule has 0 saturated carbocycles. The van der Waals surface area contributed by atoms with E-state index in [1.807, 2.05) is 18.7 Å². The number of likely N-dealkylation sites (N-methyl/N-ethyl adjacent to an activating group) is 2. The molecule has 1 aromatic rings. The molecule has 0 aliphatic rings. The first-order valence-corrected chi connectivity index (χ1v) is 5.93. The molecule has 0 heterocycles. The lowest BCUT2D eigenvalue weighted by atomic mass is 10.1. The third-order valence-electron chi connectivity index (χ3n) is 2.59. The maximum absolute atomic E-state index is 11.6. The minimum Gasteiger partial charge on any atom is -0.397 e. The molecule has 0 aromatic heterocycles. The van der Waals surface area contributed by atoms with Gasteiger partial charge in [-0.2, -0.15) is 5.26 Å². The van der Waals surface area contributed by atoms with Crippen molar-refractivity contribution in [1.29, 1.82) is 5.26 Å². The van der Waals surface area contributed by atoms with Gasteiger partial charge in [0.25, 0.3) is 0 Å². The average Bonchev–Trinajstić information content (AvgIpc) is 2.37. The van der Waals surface area contributed by atoms with Crippen LogP contribution >= 0.6 is 0 Å². The monoisotopic (exact) mass is 246 g/mol. The van der Waals surface area contributed by atoms with Gasteiger partial charge < -0.3 is 16.0 Å². The van der Waals surface area contributed by atoms with Gasteiger partial charge in [-0.3, -0.25) is 4.79 Å². The van der Waals surface area contributed by atoms with E-state index in [4.69, 9.17) is 11.0 Å². The van der Waals surface area contributed by atoms with Gasteiger partial charge in [-0.25, -0.2) is 0 Å². The number of nitrogen functional groups attached to an aromatic ring is 1. The molecule has 1 rings (SSSR count). The highest BCUT2D eigenvalue weighted by Crippen LogP contribution is 2.24. The zero-order valence-electron chi connectivity index (χ0n) is 10.7. The van der Waals surface area contributed by atoms with E-state index in [-0.39, 0.29) is 12.5 Å². The number of nitrogens with two attached hydrogens (primary N) is 1. The van der Waals surface area contributed by atoms with Crippen LogP contribution in [-0.4, -0.2) is 25.5 Å². The van der Waals surface area contributed by atoms with Crippen LogP contribution in [-0.2, 0) is 4.79 Å². The number of hydrogen-bond acceptors (Lipinski definition) is 4. The summed E-state index contributed by atoms with van der Waals surface area (Å²) in [6.07, 6.45) is 0. The van der Waals surface area contributed by atoms with Crippen LogP contribution in [0.2, 0.25) is 0 Å². The molecule has 0 bridgehead atoms. The molecule has 96 valence electrons. The smallest absolute Gasteiger partial charge is 0.239 e. The van der Waals surface area contributed by atoms with Gasteiger partial charge in [0, 0.05) is 13.1 Å². The van der Waals surface area contributed by atoms with Gasteiger partial charge in [-0.05, 0) is 32.0 Å². The summed E-state index contributed by atoms with van der Waals surface area (Å²) in [5, 5.41) is 11.6. The van der Waals surface area contributed by atoms with Crippen molar-refractivity contribution < 1.29 is 4.79 Å². The molecule has 0 aliphatic carbocycles. The molecule has 0 fully saturated rings. The van der Waals surface area contributed by atoms with Crippen LogP contribution in [0.15, 0.2) is 18.2 Å². The highest BCUT2D eigenvalue weighted by molar-refractivity contribution is 5.83. The van der Waals surface area contributed by atoms with E-state index in [9.17, 15) is 4.79 Å². The van der Waals surface area contributed by atoms with Crippen LogP contribution in [0, 0.1) is 11.3 Å². The normalized spacial score (nSPS) is 9.61. The Morgan fingerprint density at radius 2 is 2.22 bits per heavy atom. The number of nitrogens with one attached hydrogen (secondary N) is 1. The van der Waals surface area contributed by atoms with Crippen LogP contribution in [0.3, 0.4) is 0 Å². The summed E-state index contributed by atoms with van der Waals surface area (Å²) in [7, 11) is 0. The predicted octanol–water partition coefficient (Wildman–Crippen LogP) is 1.10. The van der Waals surface area contributed by atoms with E-state index in [2.05, 4.69) is 11.4 Å². The van der Waals surface area contributed by atoms with Crippen LogP contribution in [0.4, 0.5) is 11.4 Å². The third-order valence-corrected chi connectivity index (χ3v) is 2.59. The Morgan fingerprint density at radius 3 is 2.78 bits per heavy atom. The van der Waals surface area contributed by atoms with Crippen molar-refractivity contribution in [3.8, 4) is 6.07 Å². The van der Waals surface area contributed by atoms with Gasteiger partial charge in [0.1, 0.15) is 0 Å². The van der Waals surface area contributed by atoms with Gasteiger partial charge in [-0.1, -0.05) is 0 Å². The summed E-state index contributed by atoms with van der Waals surface area (Å²) in [6.45, 7) is 5.31. The first-order valence-electron chi connectivity index (χ1n) is 5.93. The van der Waals surface area contributed by atoms with Gasteiger partial charge >= 0.3 is 0 Å². The Bertz CT molecular complexity index is 465. The molecule has 0 aliphatic heterocycles. The minimum absolute atomic E-state index is 0.0545. The second-order valence-corrected chi connectivity index (χ2v) is 3.85. The SMILES string of the molecule is CCNC(=O)CN(CC)c1cc(C#N)ccc1N. The third kappa shape index (κ3) is 3.39. The van der Waals surface area contributed by atoms with Crippen molar-refractivity contribution in [2.45, 2.75) is 13.8 Å². The summed E-state index contributed by atoms with van der Waals surface area (Å²) >= 11 is 0. The van der Waals surface area contributed by atoms with Crippen molar-refractivity contribution >= 4 is 17.3 Å². The Hall–Kier alpha value is -2.22. The van der Waals surface area contributed by atoms with Gasteiger partial charge in [-0.15, -0.1) is 0 Å². The first-order chi connectivity index (χ1) is 8.62. The lowest BCUT2D eigenvalue weighted by Gasteiger charge is -2.24. The quantitative estimate of drug-likeness (QED) is 0.762. The Balaban J connectivity index is 2.94. The van der Waals surface area contributed by atoms with Crippen LogP contribution < -0.4 is 16.0 Å². The zero-order valence-corrected chi connectivity index (χ0v) is 10.7. The molecule has 0 atom stereocenters. The predicted molar refractivity (Wildman–Crippen MR) is 72.1 cm³/mol. The van der Waals surface area contributed by atoms with Gasteiger partial charge in [0.2, 0.25) is 5.91 Å². The van der Waals surface area contributed by atoms with E-state index in [1.165, 1.54) is 0 Å². The van der Waals surface area contributed by atoms with Crippen LogP contribution in [0.25, 0.3) is 0 Å². The molecular weight excluding hydrogens is 228 g/mol. The Kier molecular flexibility index (Phi) is 5.00. The number of amides is 1. The largest absolute Gasteiger partial charge is 0.397 e. The number of carbonyl (C=O) groups is 1. The van der Waals surface area contributed by atoms with Crippen LogP contribution in [0.5, 0.6) is 0 Å². The minimum atomic E-state index is -0.0545. The fourth-order valence-electron chi connectivity index (χ4n) is 1.68. The number of hydrogen-bond donors (Lipinski definition) is 2. The Morgan fingerprint density at radius 1 is 1.50 bits per heavy atom. The van der Waals surface area contributed by atoms with Gasteiger partial charge in [0.15, 0.2) is 0 Å². The summed E-state index contributed by atoms with van der Waals surface area (Å²) < 4.78 is 0. The van der Waals surface area contributed by atoms with Gasteiger partial charge in [0.05, 0.1) is 29.6 Å². The van der Waals surface area contributed by atoms with Crippen molar-refractivity contribution in [3.63, 3.8) is 0 Å². The van der Waals surface area contributed by atoms with Crippen LogP contribution in [0.1, 0.15) is 19.4 Å². The molecule has 18 heavy (non-hydrogen) atoms. The standard InChI is InChI=1S/C13H18N4O/c1-3-16-13(18)9-17(4-2)12-7-10(8-14)5-6-11(12)15/h5-7H,3-4,9,15H2,1-2H3,(H,16,18). The topological polar surface area (TPSA) is 82.2 Å². The maximum atomic E-state index is 11.6. The molecule has 3 N–H and O–H groups in total. The highest BCUT2D eigenvalue weighted by atomic mass is 16.2. The van der Waals surface area contributed by atoms with E-state index < -0.39 is 0 Å². The molecule has 0 saturated heterocycles.